The quantitative estimate of drug-likeness (QED) is 0.644. The number of quaternary nitrogens is 1. The summed E-state index contributed by atoms with van der Waals surface area (Å²) < 4.78 is 5.78. The Kier molecular flexibility index (Phi) is 7.68. The van der Waals surface area contributed by atoms with Gasteiger partial charge in [0.25, 0.3) is 5.91 Å². The number of amides is 3. The summed E-state index contributed by atoms with van der Waals surface area (Å²) in [6.07, 6.45) is 0. The molecule has 0 bridgehead atoms. The highest BCUT2D eigenvalue weighted by Crippen LogP contribution is 2.28. The van der Waals surface area contributed by atoms with Gasteiger partial charge in [-0.05, 0) is 26.0 Å². The number of imide groups is 1. The van der Waals surface area contributed by atoms with E-state index >= 15 is 0 Å². The van der Waals surface area contributed by atoms with E-state index < -0.39 is 12.1 Å². The van der Waals surface area contributed by atoms with E-state index in [-0.39, 0.29) is 5.91 Å². The van der Waals surface area contributed by atoms with Crippen molar-refractivity contribution in [2.45, 2.75) is 19.9 Å². The molecule has 1 saturated heterocycles. The van der Waals surface area contributed by atoms with Crippen LogP contribution in [0.4, 0.5) is 10.5 Å². The number of piperazine rings is 1. The molecule has 1 heterocycles. The van der Waals surface area contributed by atoms with Gasteiger partial charge in [0.1, 0.15) is 5.75 Å². The average Bonchev–Trinajstić information content (AvgIpc) is 2.76. The van der Waals surface area contributed by atoms with Crippen molar-refractivity contribution in [2.24, 2.45) is 0 Å². The van der Waals surface area contributed by atoms with Crippen molar-refractivity contribution in [3.8, 4) is 5.75 Å². The van der Waals surface area contributed by atoms with Crippen molar-refractivity contribution in [3.05, 3.63) is 60.2 Å². The lowest BCUT2D eigenvalue weighted by Gasteiger charge is -2.37. The summed E-state index contributed by atoms with van der Waals surface area (Å²) in [6, 6.07) is 16.9. The smallest absolute Gasteiger partial charge is 0.321 e. The first-order valence-corrected chi connectivity index (χ1v) is 10.6. The minimum Gasteiger partial charge on any atom is -0.492 e. The van der Waals surface area contributed by atoms with Crippen LogP contribution in [0.1, 0.15) is 25.5 Å². The van der Waals surface area contributed by atoms with E-state index in [1.54, 1.807) is 0 Å². The van der Waals surface area contributed by atoms with Crippen molar-refractivity contribution in [1.29, 1.82) is 0 Å². The standard InChI is InChI=1S/C23H30N4O3/c1-3-24-23(29)25-22(28)21(18-10-6-5-7-11-18)27-16-14-26(15-17-27)19-12-8-9-13-20(19)30-4-2/h5-13,21H,3-4,14-17H2,1-2H3,(H2,24,25,28,29)/p+1/t21-/m0/s1. The maximum atomic E-state index is 13.0. The lowest BCUT2D eigenvalue weighted by Crippen LogP contribution is -3.16. The van der Waals surface area contributed by atoms with E-state index in [1.165, 1.54) is 0 Å². The van der Waals surface area contributed by atoms with Crippen molar-refractivity contribution in [3.63, 3.8) is 0 Å². The van der Waals surface area contributed by atoms with Crippen LogP contribution in [0.5, 0.6) is 5.75 Å². The van der Waals surface area contributed by atoms with Gasteiger partial charge in [-0.1, -0.05) is 42.5 Å². The highest BCUT2D eigenvalue weighted by Gasteiger charge is 2.35. The summed E-state index contributed by atoms with van der Waals surface area (Å²) >= 11 is 0. The SMILES string of the molecule is CCNC(=O)NC(=O)[C@H](c1ccccc1)[NH+]1CCN(c2ccccc2OCC)CC1. The molecule has 2 aromatic carbocycles. The zero-order chi connectivity index (χ0) is 21.3. The lowest BCUT2D eigenvalue weighted by atomic mass is 10.0. The molecule has 0 unspecified atom stereocenters. The molecule has 0 saturated carbocycles. The van der Waals surface area contributed by atoms with Gasteiger partial charge < -0.3 is 19.9 Å². The normalized spacial score (nSPS) is 15.3. The number of ether oxygens (including phenoxy) is 1. The van der Waals surface area contributed by atoms with Crippen LogP contribution in [0.25, 0.3) is 0 Å². The molecule has 0 aliphatic carbocycles. The summed E-state index contributed by atoms with van der Waals surface area (Å²) in [4.78, 5) is 28.4. The van der Waals surface area contributed by atoms with E-state index in [9.17, 15) is 9.59 Å². The number of anilines is 1. The third-order valence-corrected chi connectivity index (χ3v) is 5.29. The highest BCUT2D eigenvalue weighted by molar-refractivity contribution is 5.96. The molecule has 7 heteroatoms. The summed E-state index contributed by atoms with van der Waals surface area (Å²) in [5.74, 6) is 0.613. The van der Waals surface area contributed by atoms with Crippen LogP contribution >= 0.6 is 0 Å². The summed E-state index contributed by atoms with van der Waals surface area (Å²) in [6.45, 7) is 8.07. The molecule has 1 atom stereocenters. The molecule has 30 heavy (non-hydrogen) atoms. The maximum absolute atomic E-state index is 13.0. The Morgan fingerprint density at radius 3 is 2.37 bits per heavy atom. The molecule has 0 radical (unpaired) electrons. The van der Waals surface area contributed by atoms with Crippen LogP contribution in [-0.2, 0) is 4.79 Å². The number of rotatable bonds is 7. The van der Waals surface area contributed by atoms with Crippen molar-refractivity contribution in [2.75, 3.05) is 44.2 Å². The molecule has 3 amide bonds. The molecule has 1 fully saturated rings. The molecular weight excluding hydrogens is 380 g/mol. The predicted octanol–water partition coefficient (Wildman–Crippen LogP) is 1.38. The fraction of sp³-hybridized carbons (Fsp3) is 0.391. The number of hydrogen-bond acceptors (Lipinski definition) is 4. The Hall–Kier alpha value is -3.06. The van der Waals surface area contributed by atoms with Gasteiger partial charge in [0, 0.05) is 12.1 Å². The molecule has 0 aromatic heterocycles. The third-order valence-electron chi connectivity index (χ3n) is 5.29. The van der Waals surface area contributed by atoms with Gasteiger partial charge >= 0.3 is 6.03 Å². The van der Waals surface area contributed by atoms with Crippen molar-refractivity contribution >= 4 is 17.6 Å². The third kappa shape index (κ3) is 5.30. The van der Waals surface area contributed by atoms with Crippen LogP contribution in [-0.4, -0.2) is 51.3 Å². The van der Waals surface area contributed by atoms with Gasteiger partial charge in [-0.2, -0.15) is 0 Å². The average molecular weight is 412 g/mol. The van der Waals surface area contributed by atoms with Crippen LogP contribution in [0.15, 0.2) is 54.6 Å². The first-order chi connectivity index (χ1) is 14.6. The second kappa shape index (κ2) is 10.6. The lowest BCUT2D eigenvalue weighted by molar-refractivity contribution is -0.922. The Bertz CT molecular complexity index is 835. The summed E-state index contributed by atoms with van der Waals surface area (Å²) in [7, 11) is 0. The first kappa shape index (κ1) is 21.6. The van der Waals surface area contributed by atoms with Gasteiger partial charge in [0.2, 0.25) is 0 Å². The number of para-hydroxylation sites is 2. The predicted molar refractivity (Wildman–Crippen MR) is 117 cm³/mol. The van der Waals surface area contributed by atoms with Crippen LogP contribution in [0, 0.1) is 0 Å². The fourth-order valence-corrected chi connectivity index (χ4v) is 3.93. The van der Waals surface area contributed by atoms with Gasteiger partial charge in [-0.15, -0.1) is 0 Å². The Morgan fingerprint density at radius 1 is 1.03 bits per heavy atom. The molecule has 3 rings (SSSR count). The van der Waals surface area contributed by atoms with Gasteiger partial charge in [0.15, 0.2) is 6.04 Å². The zero-order valence-electron chi connectivity index (χ0n) is 17.7. The minimum atomic E-state index is -0.452. The maximum Gasteiger partial charge on any atom is 0.321 e. The number of urea groups is 1. The van der Waals surface area contributed by atoms with E-state index in [0.29, 0.717) is 13.2 Å². The zero-order valence-corrected chi connectivity index (χ0v) is 17.7. The largest absolute Gasteiger partial charge is 0.492 e. The molecule has 2 aromatic rings. The van der Waals surface area contributed by atoms with E-state index in [1.807, 2.05) is 62.4 Å². The molecule has 1 aliphatic rings. The van der Waals surface area contributed by atoms with Crippen LogP contribution < -0.4 is 25.2 Å². The van der Waals surface area contributed by atoms with E-state index in [0.717, 1.165) is 48.1 Å². The Balaban J connectivity index is 1.74. The second-order valence-electron chi connectivity index (χ2n) is 7.24. The number of hydrogen-bond donors (Lipinski definition) is 3. The molecule has 7 nitrogen and oxygen atoms in total. The van der Waals surface area contributed by atoms with E-state index in [2.05, 4.69) is 21.6 Å². The van der Waals surface area contributed by atoms with E-state index in [4.69, 9.17) is 4.74 Å². The van der Waals surface area contributed by atoms with Crippen LogP contribution in [0.2, 0.25) is 0 Å². The minimum absolute atomic E-state index is 0.273. The first-order valence-electron chi connectivity index (χ1n) is 10.6. The van der Waals surface area contributed by atoms with Gasteiger partial charge in [0.05, 0.1) is 38.5 Å². The van der Waals surface area contributed by atoms with Gasteiger partial charge in [-0.3, -0.25) is 10.1 Å². The molecule has 0 spiro atoms. The number of benzene rings is 2. The van der Waals surface area contributed by atoms with Crippen molar-refractivity contribution < 1.29 is 19.2 Å². The number of carbonyl (C=O) groups excluding carboxylic acids is 2. The molecule has 1 aliphatic heterocycles. The number of nitrogens with zero attached hydrogens (tertiary/aromatic N) is 1. The Morgan fingerprint density at radius 2 is 1.70 bits per heavy atom. The van der Waals surface area contributed by atoms with Gasteiger partial charge in [-0.25, -0.2) is 4.79 Å². The molecular formula is C23H31N4O3+. The molecule has 3 N–H and O–H groups in total. The number of nitrogens with one attached hydrogen (secondary N) is 3. The topological polar surface area (TPSA) is 75.1 Å². The monoisotopic (exact) mass is 411 g/mol. The number of carbonyl (C=O) groups is 2. The molecule has 160 valence electrons. The summed E-state index contributed by atoms with van der Waals surface area (Å²) in [5, 5.41) is 5.13. The highest BCUT2D eigenvalue weighted by atomic mass is 16.5. The second-order valence-corrected chi connectivity index (χ2v) is 7.24. The van der Waals surface area contributed by atoms with Crippen LogP contribution in [0.3, 0.4) is 0 Å². The van der Waals surface area contributed by atoms with Crippen molar-refractivity contribution in [1.82, 2.24) is 10.6 Å². The Labute approximate surface area is 178 Å². The fourth-order valence-electron chi connectivity index (χ4n) is 3.93. The summed E-state index contributed by atoms with van der Waals surface area (Å²) in [5.41, 5.74) is 2.00.